The molecular formula is C29H43F2N2OP. The van der Waals surface area contributed by atoms with Crippen LogP contribution in [0.3, 0.4) is 0 Å². The second-order valence-electron chi connectivity index (χ2n) is 8.84. The quantitative estimate of drug-likeness (QED) is 0.276. The monoisotopic (exact) mass is 504 g/mol. The van der Waals surface area contributed by atoms with Gasteiger partial charge in [0.2, 0.25) is 0 Å². The maximum absolute atomic E-state index is 13.9. The molecule has 2 unspecified atom stereocenters. The molecule has 2 saturated carbocycles. The first kappa shape index (κ1) is 31.0. The van der Waals surface area contributed by atoms with Crippen LogP contribution < -0.4 is 0 Å². The van der Waals surface area contributed by atoms with E-state index in [1.807, 2.05) is 56.9 Å². The topological polar surface area (TPSA) is 44.1 Å². The Morgan fingerprint density at radius 2 is 1.51 bits per heavy atom. The van der Waals surface area contributed by atoms with Crippen molar-refractivity contribution in [1.82, 2.24) is 4.90 Å². The van der Waals surface area contributed by atoms with E-state index in [9.17, 15) is 13.6 Å². The standard InChI is InChI=1S/C21H27F2N2OP.C6H10.C2H6/c1-2-21(22,23)19(27)15-5-7-16(8-6-15)20(26)25(18-11-12-18)17-9-3-14(13-24)4-10-17;1-3-5-6-4-2;1-2/h5-8,14,17-19H,2-4,9-12,27H2,1H3;3-6H,1-2H3;1-2H3/b;5-3-,6-4-;. The van der Waals surface area contributed by atoms with Gasteiger partial charge in [0.1, 0.15) is 0 Å². The molecule has 0 radical (unpaired) electrons. The Labute approximate surface area is 213 Å². The van der Waals surface area contributed by atoms with Gasteiger partial charge in [-0.3, -0.25) is 4.79 Å². The molecule has 2 aliphatic carbocycles. The van der Waals surface area contributed by atoms with Crippen LogP contribution in [0.5, 0.6) is 0 Å². The zero-order chi connectivity index (χ0) is 26.4. The molecule has 1 aromatic carbocycles. The Morgan fingerprint density at radius 3 is 1.89 bits per heavy atom. The lowest BCUT2D eigenvalue weighted by atomic mass is 9.86. The molecule has 0 heterocycles. The second-order valence-corrected chi connectivity index (χ2v) is 9.51. The van der Waals surface area contributed by atoms with Crippen molar-refractivity contribution >= 4 is 15.1 Å². The summed E-state index contributed by atoms with van der Waals surface area (Å²) >= 11 is 0. The number of hydrogen-bond donors (Lipinski definition) is 0. The molecule has 6 heteroatoms. The first-order chi connectivity index (χ1) is 16.8. The molecule has 3 rings (SSSR count). The summed E-state index contributed by atoms with van der Waals surface area (Å²) in [5, 5.41) is 9.08. The summed E-state index contributed by atoms with van der Waals surface area (Å²) in [7, 11) is 2.23. The van der Waals surface area contributed by atoms with Crippen LogP contribution in [-0.2, 0) is 0 Å². The summed E-state index contributed by atoms with van der Waals surface area (Å²) in [5.41, 5.74) is 0.133. The molecule has 0 saturated heterocycles. The number of rotatable bonds is 7. The highest BCUT2D eigenvalue weighted by Gasteiger charge is 2.39. The van der Waals surface area contributed by atoms with Crippen LogP contribution in [0.2, 0.25) is 0 Å². The number of nitrogens with zero attached hydrogens (tertiary/aromatic N) is 2. The molecular weight excluding hydrogens is 461 g/mol. The third-order valence-electron chi connectivity index (χ3n) is 6.39. The van der Waals surface area contributed by atoms with Gasteiger partial charge in [-0.2, -0.15) is 5.26 Å². The van der Waals surface area contributed by atoms with Crippen molar-refractivity contribution in [2.45, 2.75) is 103 Å². The Balaban J connectivity index is 0.000000670. The van der Waals surface area contributed by atoms with Crippen LogP contribution in [0.1, 0.15) is 101 Å². The molecule has 194 valence electrons. The first-order valence-corrected chi connectivity index (χ1v) is 13.6. The molecule has 0 bridgehead atoms. The van der Waals surface area contributed by atoms with E-state index in [1.54, 1.807) is 24.3 Å². The highest BCUT2D eigenvalue weighted by atomic mass is 31.0. The molecule has 0 aliphatic heterocycles. The van der Waals surface area contributed by atoms with E-state index >= 15 is 0 Å². The maximum Gasteiger partial charge on any atom is 0.257 e. The van der Waals surface area contributed by atoms with Gasteiger partial charge in [0, 0.05) is 30.0 Å². The van der Waals surface area contributed by atoms with Gasteiger partial charge in [-0.05, 0) is 70.1 Å². The number of benzene rings is 1. The third-order valence-corrected chi connectivity index (χ3v) is 7.26. The highest BCUT2D eigenvalue weighted by Crippen LogP contribution is 2.41. The largest absolute Gasteiger partial charge is 0.333 e. The van der Waals surface area contributed by atoms with Crippen LogP contribution in [0.4, 0.5) is 8.78 Å². The number of alkyl halides is 2. The number of carbonyl (C=O) groups is 1. The smallest absolute Gasteiger partial charge is 0.257 e. The third kappa shape index (κ3) is 9.49. The average molecular weight is 505 g/mol. The Morgan fingerprint density at radius 1 is 1.06 bits per heavy atom. The maximum atomic E-state index is 13.9. The number of amides is 1. The molecule has 35 heavy (non-hydrogen) atoms. The zero-order valence-electron chi connectivity index (χ0n) is 22.0. The SMILES string of the molecule is C/C=C\C=C/C.CC.CCC(F)(F)C(P)c1ccc(C(=O)N(C2CCC(C#N)CC2)C2CC2)cc1. The van der Waals surface area contributed by atoms with Crippen molar-refractivity contribution < 1.29 is 13.6 Å². The lowest BCUT2D eigenvalue weighted by Crippen LogP contribution is -2.43. The second kappa shape index (κ2) is 15.8. The van der Waals surface area contributed by atoms with E-state index in [-0.39, 0.29) is 24.3 Å². The highest BCUT2D eigenvalue weighted by molar-refractivity contribution is 7.17. The number of halogens is 2. The normalized spacial score (nSPS) is 20.8. The summed E-state index contributed by atoms with van der Waals surface area (Å²) < 4.78 is 27.8. The van der Waals surface area contributed by atoms with Crippen molar-refractivity contribution in [2.24, 2.45) is 5.92 Å². The van der Waals surface area contributed by atoms with E-state index in [2.05, 4.69) is 15.3 Å². The van der Waals surface area contributed by atoms with Gasteiger partial charge in [0.15, 0.2) is 0 Å². The van der Waals surface area contributed by atoms with Crippen molar-refractivity contribution in [3.63, 3.8) is 0 Å². The van der Waals surface area contributed by atoms with Crippen LogP contribution in [0, 0.1) is 17.2 Å². The van der Waals surface area contributed by atoms with Crippen LogP contribution in [0.25, 0.3) is 0 Å². The van der Waals surface area contributed by atoms with Gasteiger partial charge in [-0.25, -0.2) is 8.78 Å². The average Bonchev–Trinajstić information content (AvgIpc) is 3.74. The Hall–Kier alpha value is -2.05. The van der Waals surface area contributed by atoms with Crippen molar-refractivity contribution in [3.05, 3.63) is 59.7 Å². The minimum Gasteiger partial charge on any atom is -0.333 e. The van der Waals surface area contributed by atoms with E-state index in [4.69, 9.17) is 5.26 Å². The number of hydrogen-bond acceptors (Lipinski definition) is 2. The molecule has 3 nitrogen and oxygen atoms in total. The summed E-state index contributed by atoms with van der Waals surface area (Å²) in [6.45, 7) is 9.48. The summed E-state index contributed by atoms with van der Waals surface area (Å²) in [5.74, 6) is -2.68. The molecule has 2 atom stereocenters. The lowest BCUT2D eigenvalue weighted by molar-refractivity contribution is -0.00574. The molecule has 0 aromatic heterocycles. The van der Waals surface area contributed by atoms with E-state index in [0.717, 1.165) is 38.5 Å². The van der Waals surface area contributed by atoms with Gasteiger partial charge in [-0.1, -0.05) is 57.2 Å². The molecule has 1 amide bonds. The molecule has 0 N–H and O–H groups in total. The Bertz CT molecular complexity index is 838. The minimum atomic E-state index is -2.78. The molecule has 0 spiro atoms. The van der Waals surface area contributed by atoms with E-state index in [0.29, 0.717) is 17.2 Å². The minimum absolute atomic E-state index is 0.00739. The molecule has 2 fully saturated rings. The van der Waals surface area contributed by atoms with Crippen LogP contribution in [0.15, 0.2) is 48.6 Å². The van der Waals surface area contributed by atoms with E-state index < -0.39 is 11.6 Å². The number of nitriles is 1. The number of carbonyl (C=O) groups excluding carboxylic acids is 1. The predicted molar refractivity (Wildman–Crippen MR) is 146 cm³/mol. The van der Waals surface area contributed by atoms with Gasteiger partial charge < -0.3 is 4.90 Å². The summed E-state index contributed by atoms with van der Waals surface area (Å²) in [6.07, 6.45) is 13.3. The first-order valence-electron chi connectivity index (χ1n) is 13.0. The summed E-state index contributed by atoms with van der Waals surface area (Å²) in [6, 6.07) is 9.46. The van der Waals surface area contributed by atoms with Crippen molar-refractivity contribution in [1.29, 1.82) is 5.26 Å². The Kier molecular flexibility index (Phi) is 14.0. The van der Waals surface area contributed by atoms with E-state index in [1.165, 1.54) is 6.92 Å². The van der Waals surface area contributed by atoms with Gasteiger partial charge in [0.05, 0.1) is 11.7 Å². The van der Waals surface area contributed by atoms with Crippen molar-refractivity contribution in [3.8, 4) is 6.07 Å². The predicted octanol–water partition coefficient (Wildman–Crippen LogP) is 8.50. The van der Waals surface area contributed by atoms with Crippen LogP contribution in [-0.4, -0.2) is 28.8 Å². The molecule has 1 aromatic rings. The van der Waals surface area contributed by atoms with Crippen LogP contribution >= 0.6 is 9.24 Å². The fourth-order valence-electron chi connectivity index (χ4n) is 4.13. The summed E-state index contributed by atoms with van der Waals surface area (Å²) in [4.78, 5) is 15.1. The van der Waals surface area contributed by atoms with Gasteiger partial charge in [-0.15, -0.1) is 9.24 Å². The zero-order valence-corrected chi connectivity index (χ0v) is 23.2. The number of allylic oxidation sites excluding steroid dienone is 4. The van der Waals surface area contributed by atoms with Gasteiger partial charge >= 0.3 is 0 Å². The van der Waals surface area contributed by atoms with Crippen molar-refractivity contribution in [2.75, 3.05) is 0 Å². The fourth-order valence-corrected chi connectivity index (χ4v) is 4.59. The molecule has 2 aliphatic rings. The van der Waals surface area contributed by atoms with Gasteiger partial charge in [0.25, 0.3) is 11.8 Å². The fraction of sp³-hybridized carbons (Fsp3) is 0.586. The lowest BCUT2D eigenvalue weighted by Gasteiger charge is -2.36.